The van der Waals surface area contributed by atoms with Crippen LogP contribution in [0.5, 0.6) is 0 Å². The molecule has 0 aliphatic rings. The van der Waals surface area contributed by atoms with Gasteiger partial charge in [0.1, 0.15) is 0 Å². The van der Waals surface area contributed by atoms with Crippen molar-refractivity contribution in [3.05, 3.63) is 65.2 Å². The van der Waals surface area contributed by atoms with Gasteiger partial charge in [0.25, 0.3) is 10.1 Å². The van der Waals surface area contributed by atoms with Crippen molar-refractivity contribution in [2.45, 2.75) is 62.5 Å². The number of carbonyl (C=O) groups excluding carboxylic acids is 1. The number of benzene rings is 2. The zero-order chi connectivity index (χ0) is 27.0. The van der Waals surface area contributed by atoms with Gasteiger partial charge in [-0.25, -0.2) is 4.79 Å². The molecule has 0 heterocycles. The lowest BCUT2D eigenvalue weighted by molar-refractivity contribution is -0.00950. The Morgan fingerprint density at radius 3 is 1.60 bits per heavy atom. The molecule has 0 saturated heterocycles. The van der Waals surface area contributed by atoms with Gasteiger partial charge in [-0.1, -0.05) is 52.0 Å². The molecule has 12 heteroatoms. The van der Waals surface area contributed by atoms with E-state index in [0.717, 1.165) is 24.0 Å². The first-order chi connectivity index (χ1) is 16.0. The van der Waals surface area contributed by atoms with Crippen LogP contribution < -0.4 is 0 Å². The summed E-state index contributed by atoms with van der Waals surface area (Å²) in [5.41, 5.74) is 2.09. The van der Waals surface area contributed by atoms with Crippen LogP contribution in [0.25, 0.3) is 0 Å². The molecule has 0 amide bonds. The van der Waals surface area contributed by atoms with Gasteiger partial charge in [-0.15, -0.1) is 0 Å². The first-order valence-electron chi connectivity index (χ1n) is 10.7. The Morgan fingerprint density at radius 2 is 1.26 bits per heavy atom. The first kappa shape index (κ1) is 30.6. The van der Waals surface area contributed by atoms with E-state index in [4.69, 9.17) is 9.11 Å². The number of carbonyl (C=O) groups is 1. The predicted molar refractivity (Wildman–Crippen MR) is 127 cm³/mol. The van der Waals surface area contributed by atoms with Crippen molar-refractivity contribution in [3.63, 3.8) is 0 Å². The number of hydrogen-bond donors (Lipinski definition) is 2. The largest absolute Gasteiger partial charge is 0.454 e. The second-order valence-electron chi connectivity index (χ2n) is 7.97. The average Bonchev–Trinajstić information content (AvgIpc) is 2.80. The Bertz CT molecular complexity index is 1180. The number of alkyl halides is 2. The van der Waals surface area contributed by atoms with E-state index in [2.05, 4.69) is 18.6 Å². The smallest absolute Gasteiger partial charge is 0.402 e. The molecular formula is C23H30F2O8S2. The van der Waals surface area contributed by atoms with Crippen LogP contribution in [-0.4, -0.2) is 43.8 Å². The molecule has 2 unspecified atom stereocenters. The van der Waals surface area contributed by atoms with Crippen molar-refractivity contribution >= 4 is 26.2 Å². The number of ether oxygens (including phenoxy) is 1. The molecule has 2 aromatic carbocycles. The van der Waals surface area contributed by atoms with Gasteiger partial charge in [-0.2, -0.15) is 25.6 Å². The van der Waals surface area contributed by atoms with E-state index in [9.17, 15) is 30.4 Å². The summed E-state index contributed by atoms with van der Waals surface area (Å²) in [5.74, 6) is -0.390. The van der Waals surface area contributed by atoms with Gasteiger partial charge in [0.05, 0.1) is 10.5 Å². The van der Waals surface area contributed by atoms with Crippen molar-refractivity contribution < 1.29 is 44.3 Å². The van der Waals surface area contributed by atoms with Gasteiger partial charge < -0.3 is 4.74 Å². The van der Waals surface area contributed by atoms with Crippen molar-refractivity contribution in [2.75, 3.05) is 6.61 Å². The topological polar surface area (TPSA) is 135 Å². The van der Waals surface area contributed by atoms with Crippen LogP contribution in [0, 0.1) is 0 Å². The van der Waals surface area contributed by atoms with Crippen molar-refractivity contribution in [3.8, 4) is 0 Å². The predicted octanol–water partition coefficient (Wildman–Crippen LogP) is 5.28. The van der Waals surface area contributed by atoms with Crippen LogP contribution >= 0.6 is 0 Å². The third kappa shape index (κ3) is 9.28. The van der Waals surface area contributed by atoms with Crippen LogP contribution in [0.3, 0.4) is 0 Å². The highest BCUT2D eigenvalue weighted by molar-refractivity contribution is 7.87. The zero-order valence-electron chi connectivity index (χ0n) is 19.8. The Morgan fingerprint density at radius 1 is 0.857 bits per heavy atom. The minimum absolute atomic E-state index is 0.0215. The van der Waals surface area contributed by atoms with Gasteiger partial charge in [0.15, 0.2) is 6.61 Å². The molecule has 0 radical (unpaired) electrons. The number of esters is 1. The molecule has 0 spiro atoms. The second kappa shape index (κ2) is 12.5. The lowest BCUT2D eigenvalue weighted by atomic mass is 9.98. The molecular weight excluding hydrogens is 506 g/mol. The maximum absolute atomic E-state index is 12.9. The van der Waals surface area contributed by atoms with Crippen molar-refractivity contribution in [2.24, 2.45) is 0 Å². The molecule has 0 saturated carbocycles. The van der Waals surface area contributed by atoms with Gasteiger partial charge in [-0.3, -0.25) is 9.11 Å². The van der Waals surface area contributed by atoms with Gasteiger partial charge >= 0.3 is 21.3 Å². The summed E-state index contributed by atoms with van der Waals surface area (Å²) < 4.78 is 89.3. The highest BCUT2D eigenvalue weighted by Crippen LogP contribution is 2.23. The van der Waals surface area contributed by atoms with Crippen molar-refractivity contribution in [1.29, 1.82) is 0 Å². The SMILES string of the molecule is CCC(C)c1ccc(C(=O)OCC(F)(F)S(=O)(=O)O)cc1.CCC(C)c1ccc(S(=O)(=O)O)cc1. The lowest BCUT2D eigenvalue weighted by Gasteiger charge is -2.13. The third-order valence-corrected chi connectivity index (χ3v) is 7.18. The molecule has 2 rings (SSSR count). The minimum atomic E-state index is -5.61. The van der Waals surface area contributed by atoms with E-state index in [1.54, 1.807) is 24.3 Å². The second-order valence-corrected chi connectivity index (χ2v) is 10.9. The van der Waals surface area contributed by atoms with E-state index in [1.165, 1.54) is 24.3 Å². The van der Waals surface area contributed by atoms with E-state index >= 15 is 0 Å². The fraction of sp³-hybridized carbons (Fsp3) is 0.435. The van der Waals surface area contributed by atoms with Crippen LogP contribution in [0.1, 0.15) is 73.9 Å². The molecule has 196 valence electrons. The van der Waals surface area contributed by atoms with Crippen LogP contribution in [-0.2, 0) is 25.0 Å². The van der Waals surface area contributed by atoms with E-state index < -0.39 is 38.1 Å². The molecule has 2 atom stereocenters. The van der Waals surface area contributed by atoms with Crippen molar-refractivity contribution in [1.82, 2.24) is 0 Å². The molecule has 2 aromatic rings. The normalized spacial score (nSPS) is 13.8. The monoisotopic (exact) mass is 536 g/mol. The zero-order valence-corrected chi connectivity index (χ0v) is 21.4. The number of halogens is 2. The first-order valence-corrected chi connectivity index (χ1v) is 13.6. The Hall–Kier alpha value is -2.41. The van der Waals surface area contributed by atoms with Crippen LogP contribution in [0.2, 0.25) is 0 Å². The summed E-state index contributed by atoms with van der Waals surface area (Å²) in [5, 5.41) is -4.53. The summed E-state index contributed by atoms with van der Waals surface area (Å²) in [6.45, 7) is 6.41. The van der Waals surface area contributed by atoms with Gasteiger partial charge in [0.2, 0.25) is 0 Å². The Labute approximate surface area is 204 Å². The van der Waals surface area contributed by atoms with E-state index in [-0.39, 0.29) is 10.5 Å². The van der Waals surface area contributed by atoms with Crippen LogP contribution in [0.4, 0.5) is 8.78 Å². The standard InChI is InChI=1S/C13H16F2O5S.C10H14O3S/c1-3-9(2)10-4-6-11(7-5-10)12(16)20-8-13(14,15)21(17,18)19;1-3-8(2)9-4-6-10(7-5-9)14(11,12)13/h4-7,9H,3,8H2,1-2H3,(H,17,18,19);4-8H,3H2,1-2H3,(H,11,12,13). The molecule has 8 nitrogen and oxygen atoms in total. The Kier molecular flexibility index (Phi) is 11.0. The maximum Gasteiger partial charge on any atom is 0.402 e. The molecule has 0 aromatic heterocycles. The lowest BCUT2D eigenvalue weighted by Crippen LogP contribution is -2.34. The molecule has 0 aliphatic carbocycles. The van der Waals surface area contributed by atoms with Gasteiger partial charge in [-0.05, 0) is 60.1 Å². The Balaban J connectivity index is 0.000000379. The average molecular weight is 537 g/mol. The molecule has 2 N–H and O–H groups in total. The minimum Gasteiger partial charge on any atom is -0.454 e. The quantitative estimate of drug-likeness (QED) is 0.326. The number of rotatable bonds is 9. The highest BCUT2D eigenvalue weighted by atomic mass is 32.2. The van der Waals surface area contributed by atoms with E-state index in [0.29, 0.717) is 11.8 Å². The van der Waals surface area contributed by atoms with Crippen LogP contribution in [0.15, 0.2) is 53.4 Å². The summed E-state index contributed by atoms with van der Waals surface area (Å²) in [6, 6.07) is 12.5. The number of hydrogen-bond acceptors (Lipinski definition) is 6. The summed E-state index contributed by atoms with van der Waals surface area (Å²) in [6.07, 6.45) is 1.91. The highest BCUT2D eigenvalue weighted by Gasteiger charge is 2.45. The maximum atomic E-state index is 12.9. The molecule has 0 aliphatic heterocycles. The third-order valence-electron chi connectivity index (χ3n) is 5.44. The van der Waals surface area contributed by atoms with E-state index in [1.807, 2.05) is 13.8 Å². The molecule has 0 bridgehead atoms. The summed E-state index contributed by atoms with van der Waals surface area (Å²) >= 11 is 0. The summed E-state index contributed by atoms with van der Waals surface area (Å²) in [4.78, 5) is 11.5. The fourth-order valence-corrected chi connectivity index (χ4v) is 3.38. The molecule has 35 heavy (non-hydrogen) atoms. The summed E-state index contributed by atoms with van der Waals surface area (Å²) in [7, 11) is -9.66. The fourth-order valence-electron chi connectivity index (χ4n) is 2.69. The van der Waals surface area contributed by atoms with Gasteiger partial charge in [0, 0.05) is 0 Å². The molecule has 0 fully saturated rings.